The van der Waals surface area contributed by atoms with E-state index in [1.54, 1.807) is 0 Å². The number of aromatic amines is 1. The van der Waals surface area contributed by atoms with Crippen LogP contribution in [0.2, 0.25) is 0 Å². The first-order valence-corrected chi connectivity index (χ1v) is 9.07. The normalized spacial score (nSPS) is 21.5. The van der Waals surface area contributed by atoms with Crippen LogP contribution >= 0.6 is 0 Å². The van der Waals surface area contributed by atoms with Gasteiger partial charge in [0.15, 0.2) is 0 Å². The largest absolute Gasteiger partial charge is 0.356 e. The number of anilines is 2. The number of H-pyrrole nitrogens is 1. The second-order valence-corrected chi connectivity index (χ2v) is 7.05. The highest BCUT2D eigenvalue weighted by molar-refractivity contribution is 5.53. The average Bonchev–Trinajstić information content (AvgIpc) is 3.31. The van der Waals surface area contributed by atoms with E-state index in [4.69, 9.17) is 9.97 Å². The lowest BCUT2D eigenvalue weighted by molar-refractivity contribution is 0.497. The average molecular weight is 326 g/mol. The minimum absolute atomic E-state index is 0.506. The molecular formula is C18H26N6. The van der Waals surface area contributed by atoms with E-state index in [1.165, 1.54) is 36.9 Å². The molecule has 2 fully saturated rings. The van der Waals surface area contributed by atoms with Gasteiger partial charge in [0.05, 0.1) is 0 Å². The Morgan fingerprint density at radius 3 is 2.58 bits per heavy atom. The smallest absolute Gasteiger partial charge is 0.227 e. The van der Waals surface area contributed by atoms with Gasteiger partial charge >= 0.3 is 0 Å². The minimum Gasteiger partial charge on any atom is -0.356 e. The third kappa shape index (κ3) is 2.85. The molecule has 1 atom stereocenters. The molecule has 24 heavy (non-hydrogen) atoms. The van der Waals surface area contributed by atoms with Gasteiger partial charge < -0.3 is 9.80 Å². The summed E-state index contributed by atoms with van der Waals surface area (Å²) in [5.74, 6) is 2.54. The molecule has 4 heterocycles. The number of hydrogen-bond donors (Lipinski definition) is 1. The highest BCUT2D eigenvalue weighted by Crippen LogP contribution is 2.31. The monoisotopic (exact) mass is 326 g/mol. The topological polar surface area (TPSA) is 60.9 Å². The fourth-order valence-electron chi connectivity index (χ4n) is 3.88. The van der Waals surface area contributed by atoms with Crippen molar-refractivity contribution >= 4 is 11.8 Å². The van der Waals surface area contributed by atoms with Crippen LogP contribution in [0.5, 0.6) is 0 Å². The summed E-state index contributed by atoms with van der Waals surface area (Å²) in [4.78, 5) is 14.5. The maximum Gasteiger partial charge on any atom is 0.227 e. The van der Waals surface area contributed by atoms with Gasteiger partial charge in [-0.15, -0.1) is 0 Å². The molecule has 2 aromatic heterocycles. The fourth-order valence-corrected chi connectivity index (χ4v) is 3.88. The van der Waals surface area contributed by atoms with Crippen LogP contribution in [0.1, 0.15) is 48.6 Å². The summed E-state index contributed by atoms with van der Waals surface area (Å²) in [6.45, 7) is 8.49. The van der Waals surface area contributed by atoms with E-state index in [0.717, 1.165) is 43.6 Å². The first-order valence-electron chi connectivity index (χ1n) is 9.07. The molecule has 2 aromatic rings. The standard InChI is InChI=1S/C18H26N6/c1-13-14(2)20-18(23-9-3-4-10-23)21-17(13)24-11-5-6-15(12-24)16-7-8-19-22-16/h7-8,15H,3-6,9-12H2,1-2H3,(H,19,22). The zero-order valence-electron chi connectivity index (χ0n) is 14.6. The summed E-state index contributed by atoms with van der Waals surface area (Å²) in [6, 6.07) is 2.10. The summed E-state index contributed by atoms with van der Waals surface area (Å²) >= 11 is 0. The van der Waals surface area contributed by atoms with Crippen molar-refractivity contribution in [2.45, 2.75) is 45.4 Å². The number of nitrogens with one attached hydrogen (secondary N) is 1. The quantitative estimate of drug-likeness (QED) is 0.940. The van der Waals surface area contributed by atoms with E-state index in [1.807, 2.05) is 6.20 Å². The Bertz CT molecular complexity index is 690. The van der Waals surface area contributed by atoms with Gasteiger partial charge in [-0.25, -0.2) is 4.98 Å². The van der Waals surface area contributed by atoms with Crippen molar-refractivity contribution in [3.05, 3.63) is 29.2 Å². The predicted octanol–water partition coefficient (Wildman–Crippen LogP) is 2.80. The molecule has 6 heteroatoms. The summed E-state index contributed by atoms with van der Waals surface area (Å²) in [5, 5.41) is 7.26. The lowest BCUT2D eigenvalue weighted by Gasteiger charge is -2.34. The molecule has 1 unspecified atom stereocenters. The minimum atomic E-state index is 0.506. The van der Waals surface area contributed by atoms with Crippen molar-refractivity contribution in [1.29, 1.82) is 0 Å². The first-order chi connectivity index (χ1) is 11.7. The molecule has 4 rings (SSSR count). The zero-order chi connectivity index (χ0) is 16.5. The van der Waals surface area contributed by atoms with Crippen LogP contribution in [0.4, 0.5) is 11.8 Å². The van der Waals surface area contributed by atoms with Crippen LogP contribution < -0.4 is 9.80 Å². The van der Waals surface area contributed by atoms with E-state index >= 15 is 0 Å². The third-order valence-corrected chi connectivity index (χ3v) is 5.42. The Labute approximate surface area is 143 Å². The highest BCUT2D eigenvalue weighted by atomic mass is 15.3. The SMILES string of the molecule is Cc1nc(N2CCCC2)nc(N2CCCC(c3ccn[nH]3)C2)c1C. The van der Waals surface area contributed by atoms with E-state index in [9.17, 15) is 0 Å². The maximum absolute atomic E-state index is 4.97. The maximum atomic E-state index is 4.97. The molecule has 2 aliphatic rings. The Morgan fingerprint density at radius 2 is 1.83 bits per heavy atom. The molecule has 0 amide bonds. The Morgan fingerprint density at radius 1 is 1.04 bits per heavy atom. The summed E-state index contributed by atoms with van der Waals surface area (Å²) in [7, 11) is 0. The van der Waals surface area contributed by atoms with Gasteiger partial charge in [-0.3, -0.25) is 5.10 Å². The molecule has 0 saturated carbocycles. The Hall–Kier alpha value is -2.11. The fraction of sp³-hybridized carbons (Fsp3) is 0.611. The van der Waals surface area contributed by atoms with Gasteiger partial charge in [-0.2, -0.15) is 10.1 Å². The number of nitrogens with zero attached hydrogens (tertiary/aromatic N) is 5. The van der Waals surface area contributed by atoms with Gasteiger partial charge in [0.25, 0.3) is 0 Å². The molecule has 1 N–H and O–H groups in total. The van der Waals surface area contributed by atoms with Crippen LogP contribution in [0.25, 0.3) is 0 Å². The molecule has 0 radical (unpaired) electrons. The Kier molecular flexibility index (Phi) is 4.12. The lowest BCUT2D eigenvalue weighted by atomic mass is 9.94. The van der Waals surface area contributed by atoms with E-state index in [-0.39, 0.29) is 0 Å². The number of piperidine rings is 1. The van der Waals surface area contributed by atoms with E-state index in [2.05, 4.69) is 39.9 Å². The van der Waals surface area contributed by atoms with Gasteiger partial charge in [0, 0.05) is 55.2 Å². The van der Waals surface area contributed by atoms with E-state index in [0.29, 0.717) is 5.92 Å². The molecule has 0 aromatic carbocycles. The molecular weight excluding hydrogens is 300 g/mol. The third-order valence-electron chi connectivity index (χ3n) is 5.42. The highest BCUT2D eigenvalue weighted by Gasteiger charge is 2.26. The predicted molar refractivity (Wildman–Crippen MR) is 95.7 cm³/mol. The van der Waals surface area contributed by atoms with Gasteiger partial charge in [0.1, 0.15) is 5.82 Å². The number of rotatable bonds is 3. The summed E-state index contributed by atoms with van der Waals surface area (Å²) < 4.78 is 0. The van der Waals surface area contributed by atoms with Crippen molar-refractivity contribution in [3.8, 4) is 0 Å². The molecule has 6 nitrogen and oxygen atoms in total. The van der Waals surface area contributed by atoms with Crippen LogP contribution in [0.15, 0.2) is 12.3 Å². The number of hydrogen-bond acceptors (Lipinski definition) is 5. The van der Waals surface area contributed by atoms with Gasteiger partial charge in [-0.1, -0.05) is 0 Å². The second-order valence-electron chi connectivity index (χ2n) is 7.05. The second kappa shape index (κ2) is 6.42. The molecule has 0 bridgehead atoms. The summed E-state index contributed by atoms with van der Waals surface area (Å²) in [6.07, 6.45) is 6.74. The summed E-state index contributed by atoms with van der Waals surface area (Å²) in [5.41, 5.74) is 3.55. The molecule has 2 saturated heterocycles. The van der Waals surface area contributed by atoms with Gasteiger partial charge in [-0.05, 0) is 45.6 Å². The van der Waals surface area contributed by atoms with Crippen LogP contribution in [0.3, 0.4) is 0 Å². The van der Waals surface area contributed by atoms with Crippen molar-refractivity contribution < 1.29 is 0 Å². The van der Waals surface area contributed by atoms with E-state index < -0.39 is 0 Å². The lowest BCUT2D eigenvalue weighted by Crippen LogP contribution is -2.36. The van der Waals surface area contributed by atoms with Crippen LogP contribution in [-0.2, 0) is 0 Å². The molecule has 0 aliphatic carbocycles. The van der Waals surface area contributed by atoms with Crippen LogP contribution in [0, 0.1) is 13.8 Å². The first kappa shape index (κ1) is 15.4. The van der Waals surface area contributed by atoms with Crippen molar-refractivity contribution in [3.63, 3.8) is 0 Å². The van der Waals surface area contributed by atoms with Crippen molar-refractivity contribution in [1.82, 2.24) is 20.2 Å². The zero-order valence-corrected chi connectivity index (χ0v) is 14.6. The van der Waals surface area contributed by atoms with Gasteiger partial charge in [0.2, 0.25) is 5.95 Å². The Balaban J connectivity index is 1.62. The molecule has 2 aliphatic heterocycles. The molecule has 128 valence electrons. The van der Waals surface area contributed by atoms with Crippen molar-refractivity contribution in [2.75, 3.05) is 36.0 Å². The van der Waals surface area contributed by atoms with Crippen molar-refractivity contribution in [2.24, 2.45) is 0 Å². The van der Waals surface area contributed by atoms with Crippen LogP contribution in [-0.4, -0.2) is 46.3 Å². The number of aryl methyl sites for hydroxylation is 1. The molecule has 0 spiro atoms. The number of aromatic nitrogens is 4.